The summed E-state index contributed by atoms with van der Waals surface area (Å²) in [6, 6.07) is 0. The van der Waals surface area contributed by atoms with Crippen molar-refractivity contribution in [1.82, 2.24) is 19.8 Å². The number of sulfonamides is 1. The van der Waals surface area contributed by atoms with Gasteiger partial charge in [-0.2, -0.15) is 17.5 Å². The molecule has 11 heteroatoms. The lowest BCUT2D eigenvalue weighted by molar-refractivity contribution is -0.0496. The van der Waals surface area contributed by atoms with E-state index in [1.165, 1.54) is 0 Å². The quantitative estimate of drug-likeness (QED) is 0.484. The molecule has 0 amide bonds. The van der Waals surface area contributed by atoms with Crippen molar-refractivity contribution in [2.45, 2.75) is 32.2 Å². The smallest absolute Gasteiger partial charge is 0.356 e. The van der Waals surface area contributed by atoms with E-state index in [0.29, 0.717) is 36.2 Å². The summed E-state index contributed by atoms with van der Waals surface area (Å²) in [5.74, 6) is 0.727. The first kappa shape index (κ1) is 24.0. The van der Waals surface area contributed by atoms with Crippen molar-refractivity contribution in [2.24, 2.45) is 16.3 Å². The molecule has 2 N–H and O–H groups in total. The van der Waals surface area contributed by atoms with Crippen molar-refractivity contribution in [3.05, 3.63) is 0 Å². The maximum Gasteiger partial charge on any atom is 0.511 e. The Bertz CT molecular complexity index is 598. The Morgan fingerprint density at radius 2 is 1.74 bits per heavy atom. The fraction of sp³-hybridized carbons (Fsp3) is 0.938. The van der Waals surface area contributed by atoms with E-state index in [1.54, 1.807) is 7.05 Å². The molecule has 0 aromatic heterocycles. The van der Waals surface area contributed by atoms with Gasteiger partial charge in [0.1, 0.15) is 0 Å². The molecule has 0 aromatic rings. The number of nitrogens with one attached hydrogen (secondary N) is 2. The highest BCUT2D eigenvalue weighted by molar-refractivity contribution is 7.90. The fourth-order valence-corrected chi connectivity index (χ4v) is 4.18. The number of hydrogen-bond acceptors (Lipinski definition) is 4. The average molecular weight is 416 g/mol. The molecule has 0 spiro atoms. The maximum absolute atomic E-state index is 12.6. The Kier molecular flexibility index (Phi) is 8.36. The van der Waals surface area contributed by atoms with Crippen LogP contribution in [0.1, 0.15) is 26.7 Å². The second-order valence-corrected chi connectivity index (χ2v) is 9.93. The molecule has 0 atom stereocenters. The predicted octanol–water partition coefficient (Wildman–Crippen LogP) is 1.30. The van der Waals surface area contributed by atoms with Crippen LogP contribution in [0.4, 0.5) is 13.2 Å². The van der Waals surface area contributed by atoms with Gasteiger partial charge in [-0.3, -0.25) is 4.99 Å². The molecule has 0 saturated carbocycles. The molecular weight excluding hydrogens is 383 g/mol. The third kappa shape index (κ3) is 7.46. The van der Waals surface area contributed by atoms with Crippen molar-refractivity contribution in [1.29, 1.82) is 0 Å². The predicted molar refractivity (Wildman–Crippen MR) is 101 cm³/mol. The molecule has 1 fully saturated rings. The first-order valence-electron chi connectivity index (χ1n) is 8.94. The Morgan fingerprint density at radius 1 is 1.19 bits per heavy atom. The topological polar surface area (TPSA) is 77.0 Å². The Balaban J connectivity index is 2.44. The van der Waals surface area contributed by atoms with E-state index in [0.717, 1.165) is 6.54 Å². The van der Waals surface area contributed by atoms with E-state index in [4.69, 9.17) is 0 Å². The molecule has 0 unspecified atom stereocenters. The van der Waals surface area contributed by atoms with Crippen molar-refractivity contribution in [3.63, 3.8) is 0 Å². The van der Waals surface area contributed by atoms with Crippen molar-refractivity contribution >= 4 is 16.0 Å². The summed E-state index contributed by atoms with van der Waals surface area (Å²) in [6.07, 6.45) is 0.761. The highest BCUT2D eigenvalue weighted by atomic mass is 32.2. The molecule has 1 saturated heterocycles. The zero-order valence-corrected chi connectivity index (χ0v) is 17.5. The summed E-state index contributed by atoms with van der Waals surface area (Å²) in [4.78, 5) is 6.28. The molecule has 1 heterocycles. The standard InChI is InChI=1S/C16H32F3N5O2S/c1-15(2,12-23(4)5)11-22-14(20-3)21-10-13-6-8-24(9-7-13)27(25,26)16(17,18)19/h13H,6-12H2,1-5H3,(H2,20,21,22). The first-order chi connectivity index (χ1) is 12.3. The summed E-state index contributed by atoms with van der Waals surface area (Å²) in [6.45, 7) is 6.21. The van der Waals surface area contributed by atoms with Crippen LogP contribution in [-0.4, -0.2) is 83.0 Å². The number of piperidine rings is 1. The van der Waals surface area contributed by atoms with Gasteiger partial charge in [-0.25, -0.2) is 8.42 Å². The zero-order valence-electron chi connectivity index (χ0n) is 16.7. The van der Waals surface area contributed by atoms with E-state index < -0.39 is 15.5 Å². The minimum Gasteiger partial charge on any atom is -0.356 e. The van der Waals surface area contributed by atoms with Gasteiger partial charge in [-0.15, -0.1) is 0 Å². The maximum atomic E-state index is 12.6. The van der Waals surface area contributed by atoms with E-state index in [1.807, 2.05) is 14.1 Å². The molecule has 0 aliphatic carbocycles. The van der Waals surface area contributed by atoms with Gasteiger partial charge in [-0.05, 0) is 38.3 Å². The van der Waals surface area contributed by atoms with E-state index in [2.05, 4.69) is 34.4 Å². The van der Waals surface area contributed by atoms with Crippen molar-refractivity contribution in [2.75, 3.05) is 53.9 Å². The van der Waals surface area contributed by atoms with Gasteiger partial charge >= 0.3 is 15.5 Å². The van der Waals surface area contributed by atoms with Gasteiger partial charge in [0.25, 0.3) is 0 Å². The summed E-state index contributed by atoms with van der Waals surface area (Å²) >= 11 is 0. The fourth-order valence-electron chi connectivity index (χ4n) is 3.20. The second-order valence-electron chi connectivity index (χ2n) is 8.00. The number of aliphatic imine (C=N–C) groups is 1. The van der Waals surface area contributed by atoms with Gasteiger partial charge in [0.2, 0.25) is 0 Å². The van der Waals surface area contributed by atoms with Crippen LogP contribution < -0.4 is 10.6 Å². The lowest BCUT2D eigenvalue weighted by Crippen LogP contribution is -2.48. The normalized spacial score (nSPS) is 18.8. The monoisotopic (exact) mass is 415 g/mol. The molecule has 7 nitrogen and oxygen atoms in total. The number of rotatable bonds is 7. The number of alkyl halides is 3. The molecule has 0 aromatic carbocycles. The summed E-state index contributed by atoms with van der Waals surface area (Å²) in [7, 11) is 0.467. The van der Waals surface area contributed by atoms with Crippen LogP contribution in [0.2, 0.25) is 0 Å². The Labute approximate surface area is 160 Å². The van der Waals surface area contributed by atoms with E-state index in [9.17, 15) is 21.6 Å². The third-order valence-electron chi connectivity index (χ3n) is 4.47. The Hall–Kier alpha value is -1.07. The van der Waals surface area contributed by atoms with Crippen LogP contribution in [0.25, 0.3) is 0 Å². The lowest BCUT2D eigenvalue weighted by Gasteiger charge is -2.32. The zero-order chi connectivity index (χ0) is 20.9. The lowest BCUT2D eigenvalue weighted by atomic mass is 9.93. The van der Waals surface area contributed by atoms with Gasteiger partial charge in [0.05, 0.1) is 0 Å². The van der Waals surface area contributed by atoms with Crippen LogP contribution >= 0.6 is 0 Å². The molecule has 1 aliphatic rings. The summed E-state index contributed by atoms with van der Waals surface area (Å²) in [5, 5.41) is 6.45. The number of guanidine groups is 1. The van der Waals surface area contributed by atoms with Gasteiger partial charge in [0.15, 0.2) is 5.96 Å². The minimum atomic E-state index is -5.23. The molecule has 0 radical (unpaired) electrons. The summed E-state index contributed by atoms with van der Waals surface area (Å²) in [5.41, 5.74) is -5.19. The highest BCUT2D eigenvalue weighted by Crippen LogP contribution is 2.30. The molecular formula is C16H32F3N5O2S. The van der Waals surface area contributed by atoms with Crippen LogP contribution in [0.15, 0.2) is 4.99 Å². The molecule has 160 valence electrons. The highest BCUT2D eigenvalue weighted by Gasteiger charge is 2.50. The molecule has 1 aliphatic heterocycles. The van der Waals surface area contributed by atoms with Crippen LogP contribution in [0, 0.1) is 11.3 Å². The second kappa shape index (κ2) is 9.42. The van der Waals surface area contributed by atoms with Crippen molar-refractivity contribution in [3.8, 4) is 0 Å². The first-order valence-corrected chi connectivity index (χ1v) is 10.4. The molecule has 1 rings (SSSR count). The molecule has 0 bridgehead atoms. The molecule has 27 heavy (non-hydrogen) atoms. The average Bonchev–Trinajstić information content (AvgIpc) is 2.53. The van der Waals surface area contributed by atoms with Gasteiger partial charge < -0.3 is 15.5 Å². The third-order valence-corrected chi connectivity index (χ3v) is 6.10. The number of nitrogens with zero attached hydrogens (tertiary/aromatic N) is 3. The van der Waals surface area contributed by atoms with Crippen molar-refractivity contribution < 1.29 is 21.6 Å². The number of halogens is 3. The van der Waals surface area contributed by atoms with Crippen LogP contribution in [0.5, 0.6) is 0 Å². The number of hydrogen-bond donors (Lipinski definition) is 2. The van der Waals surface area contributed by atoms with Crippen LogP contribution in [0.3, 0.4) is 0 Å². The largest absolute Gasteiger partial charge is 0.511 e. The van der Waals surface area contributed by atoms with E-state index >= 15 is 0 Å². The minimum absolute atomic E-state index is 0.0401. The van der Waals surface area contributed by atoms with Gasteiger partial charge in [0, 0.05) is 39.8 Å². The van der Waals surface area contributed by atoms with Gasteiger partial charge in [-0.1, -0.05) is 13.8 Å². The summed E-state index contributed by atoms with van der Waals surface area (Å²) < 4.78 is 61.2. The SMILES string of the molecule is CN=C(NCC1CCN(S(=O)(=O)C(F)(F)F)CC1)NCC(C)(C)CN(C)C. The Morgan fingerprint density at radius 3 is 2.19 bits per heavy atom. The van der Waals surface area contributed by atoms with E-state index in [-0.39, 0.29) is 24.4 Å². The van der Waals surface area contributed by atoms with Crippen LogP contribution in [-0.2, 0) is 10.0 Å².